The van der Waals surface area contributed by atoms with E-state index < -0.39 is 14.6 Å². The van der Waals surface area contributed by atoms with E-state index >= 15 is 0 Å². The van der Waals surface area contributed by atoms with Gasteiger partial charge in [-0.05, 0) is 38.5 Å². The molecule has 0 aliphatic carbocycles. The van der Waals surface area contributed by atoms with Crippen LogP contribution in [0.3, 0.4) is 0 Å². The van der Waals surface area contributed by atoms with Crippen LogP contribution < -0.4 is 0 Å². The van der Waals surface area contributed by atoms with Crippen LogP contribution in [0.4, 0.5) is 4.39 Å². The predicted molar refractivity (Wildman–Crippen MR) is 75.7 cm³/mol. The van der Waals surface area contributed by atoms with E-state index in [1.807, 2.05) is 20.8 Å². The molecule has 0 radical (unpaired) electrons. The van der Waals surface area contributed by atoms with Crippen LogP contribution >= 0.6 is 11.6 Å². The second kappa shape index (κ2) is 7.97. The van der Waals surface area contributed by atoms with Gasteiger partial charge in [-0.3, -0.25) is 0 Å². The second-order valence-corrected chi connectivity index (χ2v) is 6.90. The molecule has 0 aliphatic heterocycles. The molecule has 19 heavy (non-hydrogen) atoms. The molecule has 0 N–H and O–H groups in total. The minimum atomic E-state index is -2.79. The van der Waals surface area contributed by atoms with E-state index in [0.29, 0.717) is 25.9 Å². The molecular formula is C13H20ClFO3Si. The Hall–Kier alpha value is -0.463. The summed E-state index contributed by atoms with van der Waals surface area (Å²) in [6.45, 7) is 7.18. The molecule has 0 heterocycles. The predicted octanol–water partition coefficient (Wildman–Crippen LogP) is 3.61. The molecule has 108 valence electrons. The quantitative estimate of drug-likeness (QED) is 0.687. The molecule has 1 aromatic carbocycles. The van der Waals surface area contributed by atoms with Gasteiger partial charge in [0.1, 0.15) is 5.82 Å². The van der Waals surface area contributed by atoms with Crippen molar-refractivity contribution < 1.29 is 17.7 Å². The van der Waals surface area contributed by atoms with Gasteiger partial charge in [-0.1, -0.05) is 17.7 Å². The molecule has 0 aromatic heterocycles. The van der Waals surface area contributed by atoms with Crippen LogP contribution in [0.2, 0.25) is 5.02 Å². The number of benzene rings is 1. The standard InChI is InChI=1S/C13H20ClFO3Si/c1-4-16-19(17-5-2,18-6-3)10-11-7-8-12(14)13(15)9-11/h7-9H,4-6,10H2,1-3H3. The molecule has 1 rings (SSSR count). The van der Waals surface area contributed by atoms with Crippen LogP contribution in [-0.2, 0) is 19.3 Å². The van der Waals surface area contributed by atoms with Crippen LogP contribution in [0.5, 0.6) is 0 Å². The van der Waals surface area contributed by atoms with Crippen molar-refractivity contribution in [2.45, 2.75) is 26.8 Å². The molecule has 0 spiro atoms. The number of halogens is 2. The van der Waals surface area contributed by atoms with E-state index in [4.69, 9.17) is 24.9 Å². The van der Waals surface area contributed by atoms with Crippen LogP contribution in [-0.4, -0.2) is 28.6 Å². The Balaban J connectivity index is 2.93. The van der Waals surface area contributed by atoms with E-state index in [-0.39, 0.29) is 5.02 Å². The zero-order valence-corrected chi connectivity index (χ0v) is 13.3. The van der Waals surface area contributed by atoms with Crippen molar-refractivity contribution in [3.63, 3.8) is 0 Å². The lowest BCUT2D eigenvalue weighted by atomic mass is 10.2. The molecule has 0 bridgehead atoms. The Bertz CT molecular complexity index is 386. The number of hydrogen-bond donors (Lipinski definition) is 0. The molecular weight excluding hydrogens is 287 g/mol. The Morgan fingerprint density at radius 2 is 1.58 bits per heavy atom. The Morgan fingerprint density at radius 3 is 2.00 bits per heavy atom. The van der Waals surface area contributed by atoms with Gasteiger partial charge >= 0.3 is 8.80 Å². The van der Waals surface area contributed by atoms with Crippen molar-refractivity contribution in [2.75, 3.05) is 19.8 Å². The number of hydrogen-bond acceptors (Lipinski definition) is 3. The lowest BCUT2D eigenvalue weighted by molar-refractivity contribution is 0.0704. The Labute approximate surface area is 120 Å². The fourth-order valence-electron chi connectivity index (χ4n) is 1.84. The molecule has 0 amide bonds. The first-order valence-electron chi connectivity index (χ1n) is 6.42. The first-order valence-corrected chi connectivity index (χ1v) is 8.73. The summed E-state index contributed by atoms with van der Waals surface area (Å²) in [4.78, 5) is 0. The summed E-state index contributed by atoms with van der Waals surface area (Å²) in [5.74, 6) is -0.438. The van der Waals surface area contributed by atoms with E-state index in [1.54, 1.807) is 6.07 Å². The van der Waals surface area contributed by atoms with E-state index in [2.05, 4.69) is 0 Å². The summed E-state index contributed by atoms with van der Waals surface area (Å²) >= 11 is 5.68. The molecule has 0 aliphatic rings. The SMILES string of the molecule is CCO[Si](Cc1ccc(Cl)c(F)c1)(OCC)OCC. The van der Waals surface area contributed by atoms with Crippen molar-refractivity contribution in [1.82, 2.24) is 0 Å². The van der Waals surface area contributed by atoms with Gasteiger partial charge in [0.25, 0.3) is 0 Å². The van der Waals surface area contributed by atoms with E-state index in [1.165, 1.54) is 12.1 Å². The summed E-state index contributed by atoms with van der Waals surface area (Å²) in [5, 5.41) is 0.111. The average Bonchev–Trinajstić information content (AvgIpc) is 2.35. The van der Waals surface area contributed by atoms with Crippen molar-refractivity contribution >= 4 is 20.4 Å². The van der Waals surface area contributed by atoms with Crippen molar-refractivity contribution in [1.29, 1.82) is 0 Å². The highest BCUT2D eigenvalue weighted by Gasteiger charge is 2.40. The monoisotopic (exact) mass is 306 g/mol. The lowest BCUT2D eigenvalue weighted by Crippen LogP contribution is -2.48. The first-order chi connectivity index (χ1) is 9.06. The largest absolute Gasteiger partial charge is 0.505 e. The fraction of sp³-hybridized carbons (Fsp3) is 0.538. The Kier molecular flexibility index (Phi) is 6.96. The molecule has 0 atom stereocenters. The van der Waals surface area contributed by atoms with Crippen molar-refractivity contribution in [3.05, 3.63) is 34.6 Å². The zero-order chi connectivity index (χ0) is 14.3. The smallest absolute Gasteiger partial charge is 0.374 e. The summed E-state index contributed by atoms with van der Waals surface area (Å²) in [6, 6.07) is 5.15. The van der Waals surface area contributed by atoms with E-state index in [0.717, 1.165) is 5.56 Å². The summed E-state index contributed by atoms with van der Waals surface area (Å²) in [6.07, 6.45) is 0. The molecule has 0 saturated carbocycles. The molecule has 3 nitrogen and oxygen atoms in total. The maximum Gasteiger partial charge on any atom is 0.505 e. The molecule has 1 aromatic rings. The minimum absolute atomic E-state index is 0.111. The summed E-state index contributed by atoms with van der Waals surface area (Å²) in [7, 11) is -2.79. The summed E-state index contributed by atoms with van der Waals surface area (Å²) in [5.41, 5.74) is 0.768. The van der Waals surface area contributed by atoms with Gasteiger partial charge < -0.3 is 13.3 Å². The van der Waals surface area contributed by atoms with Gasteiger partial charge in [-0.15, -0.1) is 0 Å². The van der Waals surface area contributed by atoms with Crippen LogP contribution in [0, 0.1) is 5.82 Å². The first kappa shape index (κ1) is 16.6. The fourth-order valence-corrected chi connectivity index (χ4v) is 4.55. The highest BCUT2D eigenvalue weighted by Crippen LogP contribution is 2.21. The highest BCUT2D eigenvalue weighted by atomic mass is 35.5. The highest BCUT2D eigenvalue weighted by molar-refractivity contribution is 6.60. The molecule has 0 fully saturated rings. The van der Waals surface area contributed by atoms with Crippen molar-refractivity contribution in [2.24, 2.45) is 0 Å². The van der Waals surface area contributed by atoms with Gasteiger partial charge in [-0.2, -0.15) is 0 Å². The maximum atomic E-state index is 13.5. The van der Waals surface area contributed by atoms with Gasteiger partial charge in [0.15, 0.2) is 0 Å². The molecule has 0 unspecified atom stereocenters. The van der Waals surface area contributed by atoms with Gasteiger partial charge in [0.2, 0.25) is 0 Å². The third-order valence-corrected chi connectivity index (χ3v) is 5.83. The van der Waals surface area contributed by atoms with Gasteiger partial charge in [-0.25, -0.2) is 4.39 Å². The minimum Gasteiger partial charge on any atom is -0.374 e. The third-order valence-electron chi connectivity index (χ3n) is 2.50. The zero-order valence-electron chi connectivity index (χ0n) is 11.5. The average molecular weight is 307 g/mol. The summed E-state index contributed by atoms with van der Waals surface area (Å²) < 4.78 is 30.6. The van der Waals surface area contributed by atoms with Gasteiger partial charge in [0, 0.05) is 25.9 Å². The van der Waals surface area contributed by atoms with Crippen LogP contribution in [0.25, 0.3) is 0 Å². The topological polar surface area (TPSA) is 27.7 Å². The van der Waals surface area contributed by atoms with Crippen LogP contribution in [0.15, 0.2) is 18.2 Å². The second-order valence-electron chi connectivity index (χ2n) is 3.91. The van der Waals surface area contributed by atoms with Crippen molar-refractivity contribution in [3.8, 4) is 0 Å². The normalized spacial score (nSPS) is 11.8. The van der Waals surface area contributed by atoms with Gasteiger partial charge in [0.05, 0.1) is 5.02 Å². The third kappa shape index (κ3) is 4.85. The maximum absolute atomic E-state index is 13.5. The number of rotatable bonds is 8. The Morgan fingerprint density at radius 1 is 1.05 bits per heavy atom. The van der Waals surface area contributed by atoms with Crippen LogP contribution in [0.1, 0.15) is 26.3 Å². The molecule has 0 saturated heterocycles. The lowest BCUT2D eigenvalue weighted by Gasteiger charge is -2.28. The molecule has 6 heteroatoms. The van der Waals surface area contributed by atoms with E-state index in [9.17, 15) is 4.39 Å².